The van der Waals surface area contributed by atoms with Gasteiger partial charge in [0, 0.05) is 10.5 Å². The number of benzene rings is 2. The lowest BCUT2D eigenvalue weighted by Gasteiger charge is -2.17. The van der Waals surface area contributed by atoms with Gasteiger partial charge < -0.3 is 0 Å². The summed E-state index contributed by atoms with van der Waals surface area (Å²) in [5, 5.41) is 0. The van der Waals surface area contributed by atoms with E-state index in [4.69, 9.17) is 5.84 Å². The van der Waals surface area contributed by atoms with Gasteiger partial charge in [-0.15, -0.1) is 0 Å². The van der Waals surface area contributed by atoms with Crippen molar-refractivity contribution in [3.63, 3.8) is 0 Å². The maximum absolute atomic E-state index is 13.2. The van der Waals surface area contributed by atoms with Gasteiger partial charge in [0.25, 0.3) is 0 Å². The third-order valence-electron chi connectivity index (χ3n) is 3.13. The predicted octanol–water partition coefficient (Wildman–Crippen LogP) is 3.97. The summed E-state index contributed by atoms with van der Waals surface area (Å²) in [6.07, 6.45) is 1.53. The first-order valence-corrected chi connectivity index (χ1v) is 7.82. The fraction of sp³-hybridized carbons (Fsp3) is 0.200. The lowest BCUT2D eigenvalue weighted by molar-refractivity contribution is 0.521. The Morgan fingerprint density at radius 1 is 1.05 bits per heavy atom. The van der Waals surface area contributed by atoms with E-state index in [0.717, 1.165) is 22.9 Å². The summed E-state index contributed by atoms with van der Waals surface area (Å²) in [5.74, 6) is 5.38. The molecule has 0 aromatic heterocycles. The Morgan fingerprint density at radius 2 is 1.80 bits per heavy atom. The molecule has 20 heavy (non-hydrogen) atoms. The van der Waals surface area contributed by atoms with Crippen LogP contribution in [0.1, 0.15) is 11.1 Å². The maximum Gasteiger partial charge on any atom is 0.137 e. The molecule has 0 radical (unpaired) electrons. The van der Waals surface area contributed by atoms with Crippen molar-refractivity contribution in [3.05, 3.63) is 68.4 Å². The molecule has 0 saturated carbocycles. The number of nitrogens with one attached hydrogen (secondary N) is 1. The minimum atomic E-state index is -0.253. The summed E-state index contributed by atoms with van der Waals surface area (Å²) in [7, 11) is 0. The molecule has 0 aliphatic rings. The summed E-state index contributed by atoms with van der Waals surface area (Å²) in [6.45, 7) is 0. The number of halogens is 3. The highest BCUT2D eigenvalue weighted by molar-refractivity contribution is 9.10. The molecule has 1 atom stereocenters. The third kappa shape index (κ3) is 4.12. The number of hydrogen-bond acceptors (Lipinski definition) is 2. The normalized spacial score (nSPS) is 12.4. The van der Waals surface area contributed by atoms with Crippen molar-refractivity contribution in [1.29, 1.82) is 0 Å². The van der Waals surface area contributed by atoms with E-state index in [0.29, 0.717) is 4.47 Å². The second-order valence-corrected chi connectivity index (χ2v) is 6.32. The molecule has 1 unspecified atom stereocenters. The molecule has 2 aromatic carbocycles. The van der Waals surface area contributed by atoms with Gasteiger partial charge in [0.1, 0.15) is 5.82 Å². The monoisotopic (exact) mass is 400 g/mol. The SMILES string of the molecule is NNC(Cc1ccc(F)c(Br)c1)Cc1ccccc1Br. The maximum atomic E-state index is 13.2. The Labute approximate surface area is 134 Å². The smallest absolute Gasteiger partial charge is 0.137 e. The van der Waals surface area contributed by atoms with Gasteiger partial charge in [-0.2, -0.15) is 0 Å². The van der Waals surface area contributed by atoms with Crippen LogP contribution in [0, 0.1) is 5.82 Å². The van der Waals surface area contributed by atoms with Gasteiger partial charge in [-0.25, -0.2) is 4.39 Å². The van der Waals surface area contributed by atoms with E-state index < -0.39 is 0 Å². The summed E-state index contributed by atoms with van der Waals surface area (Å²) < 4.78 is 14.8. The van der Waals surface area contributed by atoms with Crippen LogP contribution >= 0.6 is 31.9 Å². The molecule has 0 spiro atoms. The van der Waals surface area contributed by atoms with E-state index in [1.807, 2.05) is 18.2 Å². The van der Waals surface area contributed by atoms with E-state index in [2.05, 4.69) is 43.4 Å². The van der Waals surface area contributed by atoms with Crippen molar-refractivity contribution < 1.29 is 4.39 Å². The first-order chi connectivity index (χ1) is 9.60. The van der Waals surface area contributed by atoms with Gasteiger partial charge in [-0.1, -0.05) is 40.2 Å². The molecule has 2 nitrogen and oxygen atoms in total. The van der Waals surface area contributed by atoms with Crippen LogP contribution in [0.25, 0.3) is 0 Å². The first-order valence-electron chi connectivity index (χ1n) is 6.23. The fourth-order valence-corrected chi connectivity index (χ4v) is 2.94. The molecule has 0 heterocycles. The topological polar surface area (TPSA) is 38.0 Å². The largest absolute Gasteiger partial charge is 0.271 e. The van der Waals surface area contributed by atoms with Gasteiger partial charge in [-0.05, 0) is 58.1 Å². The molecule has 0 bridgehead atoms. The lowest BCUT2D eigenvalue weighted by atomic mass is 9.99. The van der Waals surface area contributed by atoms with Crippen molar-refractivity contribution in [1.82, 2.24) is 5.43 Å². The van der Waals surface area contributed by atoms with E-state index >= 15 is 0 Å². The van der Waals surface area contributed by atoms with E-state index in [1.165, 1.54) is 11.6 Å². The van der Waals surface area contributed by atoms with Crippen LogP contribution in [-0.4, -0.2) is 6.04 Å². The fourth-order valence-electron chi connectivity index (χ4n) is 2.07. The van der Waals surface area contributed by atoms with Gasteiger partial charge in [0.2, 0.25) is 0 Å². The molecule has 2 rings (SSSR count). The van der Waals surface area contributed by atoms with E-state index in [-0.39, 0.29) is 11.9 Å². The van der Waals surface area contributed by atoms with Crippen molar-refractivity contribution in [2.75, 3.05) is 0 Å². The van der Waals surface area contributed by atoms with Crippen LogP contribution < -0.4 is 11.3 Å². The number of hydrogen-bond donors (Lipinski definition) is 2. The molecule has 3 N–H and O–H groups in total. The van der Waals surface area contributed by atoms with Crippen LogP contribution in [0.2, 0.25) is 0 Å². The Hall–Kier alpha value is -0.750. The van der Waals surface area contributed by atoms with Crippen molar-refractivity contribution in [2.45, 2.75) is 18.9 Å². The van der Waals surface area contributed by atoms with Crippen LogP contribution in [0.15, 0.2) is 51.4 Å². The summed E-state index contributed by atoms with van der Waals surface area (Å²) in [5.41, 5.74) is 5.06. The van der Waals surface area contributed by atoms with Gasteiger partial charge >= 0.3 is 0 Å². The second kappa shape index (κ2) is 7.31. The van der Waals surface area contributed by atoms with Gasteiger partial charge in [0.15, 0.2) is 0 Å². The van der Waals surface area contributed by atoms with Crippen LogP contribution in [0.3, 0.4) is 0 Å². The second-order valence-electron chi connectivity index (χ2n) is 4.61. The zero-order valence-electron chi connectivity index (χ0n) is 10.7. The van der Waals surface area contributed by atoms with Crippen LogP contribution in [-0.2, 0) is 12.8 Å². The average molecular weight is 402 g/mol. The number of hydrazine groups is 1. The summed E-state index contributed by atoms with van der Waals surface area (Å²) >= 11 is 6.74. The average Bonchev–Trinajstić information content (AvgIpc) is 2.44. The van der Waals surface area contributed by atoms with Gasteiger partial charge in [-0.3, -0.25) is 11.3 Å². The zero-order valence-corrected chi connectivity index (χ0v) is 13.9. The van der Waals surface area contributed by atoms with Crippen molar-refractivity contribution >= 4 is 31.9 Å². The third-order valence-corrected chi connectivity index (χ3v) is 4.51. The zero-order chi connectivity index (χ0) is 14.5. The molecule has 0 saturated heterocycles. The Kier molecular flexibility index (Phi) is 5.72. The molecule has 0 amide bonds. The van der Waals surface area contributed by atoms with Crippen LogP contribution in [0.5, 0.6) is 0 Å². The van der Waals surface area contributed by atoms with Crippen molar-refractivity contribution in [3.8, 4) is 0 Å². The molecule has 0 aliphatic heterocycles. The minimum Gasteiger partial charge on any atom is -0.271 e. The van der Waals surface area contributed by atoms with E-state index in [9.17, 15) is 4.39 Å². The molecular formula is C15H15Br2FN2. The van der Waals surface area contributed by atoms with Gasteiger partial charge in [0.05, 0.1) is 4.47 Å². The highest BCUT2D eigenvalue weighted by Crippen LogP contribution is 2.21. The van der Waals surface area contributed by atoms with E-state index in [1.54, 1.807) is 12.1 Å². The van der Waals surface area contributed by atoms with Crippen LogP contribution in [0.4, 0.5) is 4.39 Å². The molecule has 0 aliphatic carbocycles. The molecule has 106 valence electrons. The molecule has 0 fully saturated rings. The first kappa shape index (κ1) is 15.6. The molecule has 5 heteroatoms. The highest BCUT2D eigenvalue weighted by Gasteiger charge is 2.11. The van der Waals surface area contributed by atoms with Crippen molar-refractivity contribution in [2.24, 2.45) is 5.84 Å². The lowest BCUT2D eigenvalue weighted by Crippen LogP contribution is -2.38. The summed E-state index contributed by atoms with van der Waals surface area (Å²) in [6, 6.07) is 13.2. The summed E-state index contributed by atoms with van der Waals surface area (Å²) in [4.78, 5) is 0. The number of nitrogens with two attached hydrogens (primary N) is 1. The molecular weight excluding hydrogens is 387 g/mol. The Balaban J connectivity index is 2.09. The Bertz CT molecular complexity index is 590. The Morgan fingerprint density at radius 3 is 2.45 bits per heavy atom. The molecule has 2 aromatic rings. The predicted molar refractivity (Wildman–Crippen MR) is 86.8 cm³/mol. The quantitative estimate of drug-likeness (QED) is 0.587. The minimum absolute atomic E-state index is 0.0889. The highest BCUT2D eigenvalue weighted by atomic mass is 79.9. The number of rotatable bonds is 5. The standard InChI is InChI=1S/C15H15Br2FN2/c16-13-4-2-1-3-11(13)9-12(20-19)7-10-5-6-15(18)14(17)8-10/h1-6,8,12,20H,7,9,19H2.